The van der Waals surface area contributed by atoms with E-state index in [4.69, 9.17) is 11.6 Å². The molecule has 0 saturated carbocycles. The van der Waals surface area contributed by atoms with E-state index in [1.54, 1.807) is 18.2 Å². The average Bonchev–Trinajstić information content (AvgIpc) is 3.08. The highest BCUT2D eigenvalue weighted by Crippen LogP contribution is 2.31. The Bertz CT molecular complexity index is 1250. The second-order valence-electron chi connectivity index (χ2n) is 6.49. The van der Waals surface area contributed by atoms with Gasteiger partial charge in [0.1, 0.15) is 0 Å². The Kier molecular flexibility index (Phi) is 5.42. The molecular weight excluding hydrogens is 408 g/mol. The van der Waals surface area contributed by atoms with E-state index < -0.39 is 0 Å². The predicted molar refractivity (Wildman–Crippen MR) is 117 cm³/mol. The van der Waals surface area contributed by atoms with Gasteiger partial charge in [-0.2, -0.15) is 0 Å². The molecule has 0 aliphatic heterocycles. The lowest BCUT2D eigenvalue weighted by atomic mass is 10.1. The van der Waals surface area contributed by atoms with Gasteiger partial charge in [-0.25, -0.2) is 9.97 Å². The van der Waals surface area contributed by atoms with Gasteiger partial charge in [0.15, 0.2) is 5.13 Å². The van der Waals surface area contributed by atoms with Crippen LogP contribution in [0.3, 0.4) is 0 Å². The summed E-state index contributed by atoms with van der Waals surface area (Å²) in [6, 6.07) is 14.6. The minimum absolute atomic E-state index is 0.148. The monoisotopic (exact) mass is 424 g/mol. The third kappa shape index (κ3) is 4.21. The molecule has 4 rings (SSSR count). The van der Waals surface area contributed by atoms with Crippen LogP contribution in [0.2, 0.25) is 5.02 Å². The zero-order valence-electron chi connectivity index (χ0n) is 15.6. The topological polar surface area (TPSA) is 76.9 Å². The lowest BCUT2D eigenvalue weighted by Gasteiger charge is -2.06. The number of aryl methyl sites for hydroxylation is 2. The van der Waals surface area contributed by atoms with E-state index in [0.717, 1.165) is 16.1 Å². The average molecular weight is 425 g/mol. The summed E-state index contributed by atoms with van der Waals surface area (Å²) in [5.41, 5.74) is 2.25. The van der Waals surface area contributed by atoms with Crippen molar-refractivity contribution in [2.75, 3.05) is 5.32 Å². The van der Waals surface area contributed by atoms with E-state index >= 15 is 0 Å². The van der Waals surface area contributed by atoms with Crippen molar-refractivity contribution in [2.24, 2.45) is 0 Å². The molecule has 0 spiro atoms. The number of aromatic nitrogens is 3. The molecule has 2 aromatic heterocycles. The number of nitrogens with one attached hydrogen (secondary N) is 1. The van der Waals surface area contributed by atoms with Crippen LogP contribution in [0.4, 0.5) is 5.13 Å². The fraction of sp³-hybridized carbons (Fsp3) is 0.143. The fourth-order valence-electron chi connectivity index (χ4n) is 2.99. The molecule has 0 atom stereocenters. The number of nitrogens with zero attached hydrogens (tertiary/aromatic N) is 3. The maximum atomic E-state index is 12.5. The minimum Gasteiger partial charge on any atom is -0.302 e. The van der Waals surface area contributed by atoms with E-state index in [1.807, 2.05) is 37.3 Å². The van der Waals surface area contributed by atoms with Crippen LogP contribution in [0.1, 0.15) is 11.3 Å². The van der Waals surface area contributed by atoms with Gasteiger partial charge < -0.3 is 5.32 Å². The van der Waals surface area contributed by atoms with E-state index in [9.17, 15) is 9.59 Å². The molecule has 0 saturated heterocycles. The minimum atomic E-state index is -0.207. The van der Waals surface area contributed by atoms with Gasteiger partial charge in [-0.05, 0) is 31.2 Å². The first kappa shape index (κ1) is 19.3. The van der Waals surface area contributed by atoms with E-state index in [0.29, 0.717) is 21.1 Å². The number of para-hydroxylation sites is 1. The van der Waals surface area contributed by atoms with Crippen molar-refractivity contribution in [2.45, 2.75) is 19.9 Å². The van der Waals surface area contributed by atoms with E-state index in [-0.39, 0.29) is 24.4 Å². The van der Waals surface area contributed by atoms with Gasteiger partial charge >= 0.3 is 0 Å². The highest BCUT2D eigenvalue weighted by atomic mass is 35.5. The van der Waals surface area contributed by atoms with E-state index in [1.165, 1.54) is 22.2 Å². The molecule has 8 heteroatoms. The number of amides is 1. The first-order valence-electron chi connectivity index (χ1n) is 8.98. The van der Waals surface area contributed by atoms with Crippen molar-refractivity contribution >= 4 is 44.9 Å². The van der Waals surface area contributed by atoms with Crippen LogP contribution in [0.25, 0.3) is 22.2 Å². The van der Waals surface area contributed by atoms with Gasteiger partial charge in [0.05, 0.1) is 22.9 Å². The standard InChI is InChI=1S/C21H17ClN4O2S/c1-13-19(14-6-8-15(22)9-7-14)25-21(29-13)24-18(27)10-11-26-12-23-17-5-3-2-4-16(17)20(26)28/h2-9,12H,10-11H2,1H3,(H,24,25,27). The number of benzene rings is 2. The number of halogens is 1. The molecule has 0 fully saturated rings. The number of fused-ring (bicyclic) bond motifs is 1. The van der Waals surface area contributed by atoms with Crippen LogP contribution in [0.15, 0.2) is 59.7 Å². The Morgan fingerprint density at radius 1 is 1.17 bits per heavy atom. The van der Waals surface area contributed by atoms with Crippen molar-refractivity contribution in [3.63, 3.8) is 0 Å². The SMILES string of the molecule is Cc1sc(NC(=O)CCn2cnc3ccccc3c2=O)nc1-c1ccc(Cl)cc1. The normalized spacial score (nSPS) is 11.0. The smallest absolute Gasteiger partial charge is 0.261 e. The van der Waals surface area contributed by atoms with Crippen molar-refractivity contribution in [3.05, 3.63) is 75.1 Å². The summed E-state index contributed by atoms with van der Waals surface area (Å²) in [5.74, 6) is -0.207. The Labute approximate surface area is 175 Å². The zero-order valence-corrected chi connectivity index (χ0v) is 17.1. The van der Waals surface area contributed by atoms with Crippen LogP contribution in [0.5, 0.6) is 0 Å². The summed E-state index contributed by atoms with van der Waals surface area (Å²) in [6.07, 6.45) is 1.62. The fourth-order valence-corrected chi connectivity index (χ4v) is 3.97. The predicted octanol–water partition coefficient (Wildman–Crippen LogP) is 4.51. The Morgan fingerprint density at radius 2 is 1.93 bits per heavy atom. The Balaban J connectivity index is 1.44. The lowest BCUT2D eigenvalue weighted by molar-refractivity contribution is -0.116. The molecule has 2 heterocycles. The summed E-state index contributed by atoms with van der Waals surface area (Å²) in [7, 11) is 0. The maximum absolute atomic E-state index is 12.5. The van der Waals surface area contributed by atoms with Gasteiger partial charge in [0.25, 0.3) is 5.56 Å². The third-order valence-electron chi connectivity index (χ3n) is 4.47. The van der Waals surface area contributed by atoms with Gasteiger partial charge in [-0.3, -0.25) is 14.2 Å². The quantitative estimate of drug-likeness (QED) is 0.511. The molecule has 0 radical (unpaired) electrons. The molecule has 0 aliphatic rings. The third-order valence-corrected chi connectivity index (χ3v) is 5.61. The first-order valence-corrected chi connectivity index (χ1v) is 10.2. The largest absolute Gasteiger partial charge is 0.302 e. The van der Waals surface area contributed by atoms with Crippen molar-refractivity contribution in [1.82, 2.24) is 14.5 Å². The van der Waals surface area contributed by atoms with Gasteiger partial charge in [-0.1, -0.05) is 35.9 Å². The molecule has 1 N–H and O–H groups in total. The number of hydrogen-bond donors (Lipinski definition) is 1. The van der Waals surface area contributed by atoms with Gasteiger partial charge in [0, 0.05) is 28.4 Å². The maximum Gasteiger partial charge on any atom is 0.261 e. The lowest BCUT2D eigenvalue weighted by Crippen LogP contribution is -2.23. The molecule has 146 valence electrons. The number of hydrogen-bond acceptors (Lipinski definition) is 5. The second kappa shape index (κ2) is 8.14. The summed E-state index contributed by atoms with van der Waals surface area (Å²) in [6.45, 7) is 2.20. The summed E-state index contributed by atoms with van der Waals surface area (Å²) in [4.78, 5) is 34.7. The molecule has 29 heavy (non-hydrogen) atoms. The van der Waals surface area contributed by atoms with Gasteiger partial charge in [-0.15, -0.1) is 11.3 Å². The molecule has 0 unspecified atom stereocenters. The highest BCUT2D eigenvalue weighted by molar-refractivity contribution is 7.16. The summed E-state index contributed by atoms with van der Waals surface area (Å²) >= 11 is 7.35. The summed E-state index contributed by atoms with van der Waals surface area (Å²) < 4.78 is 1.45. The van der Waals surface area contributed by atoms with Crippen LogP contribution in [0, 0.1) is 6.92 Å². The Morgan fingerprint density at radius 3 is 2.72 bits per heavy atom. The second-order valence-corrected chi connectivity index (χ2v) is 8.13. The number of anilines is 1. The van der Waals surface area contributed by atoms with Crippen LogP contribution >= 0.6 is 22.9 Å². The van der Waals surface area contributed by atoms with Gasteiger partial charge in [0.2, 0.25) is 5.91 Å². The number of thiazole rings is 1. The molecule has 0 bridgehead atoms. The number of rotatable bonds is 5. The van der Waals surface area contributed by atoms with Crippen molar-refractivity contribution in [3.8, 4) is 11.3 Å². The molecule has 2 aromatic carbocycles. The summed E-state index contributed by atoms with van der Waals surface area (Å²) in [5, 5.41) is 4.55. The highest BCUT2D eigenvalue weighted by Gasteiger charge is 2.13. The number of carbonyl (C=O) groups excluding carboxylic acids is 1. The van der Waals surface area contributed by atoms with Crippen LogP contribution < -0.4 is 10.9 Å². The number of carbonyl (C=O) groups is 1. The van der Waals surface area contributed by atoms with E-state index in [2.05, 4.69) is 15.3 Å². The first-order chi connectivity index (χ1) is 14.0. The van der Waals surface area contributed by atoms with Crippen LogP contribution in [-0.4, -0.2) is 20.4 Å². The molecular formula is C21H17ClN4O2S. The van der Waals surface area contributed by atoms with Crippen molar-refractivity contribution < 1.29 is 4.79 Å². The Hall–Kier alpha value is -3.03. The molecule has 6 nitrogen and oxygen atoms in total. The van der Waals surface area contributed by atoms with Crippen LogP contribution in [-0.2, 0) is 11.3 Å². The van der Waals surface area contributed by atoms with Crippen molar-refractivity contribution in [1.29, 1.82) is 0 Å². The molecule has 0 aliphatic carbocycles. The molecule has 4 aromatic rings. The molecule has 1 amide bonds. The zero-order chi connectivity index (χ0) is 20.4.